The summed E-state index contributed by atoms with van der Waals surface area (Å²) in [7, 11) is -2.02. The molecule has 0 bridgehead atoms. The fourth-order valence-electron chi connectivity index (χ4n) is 1.91. The van der Waals surface area contributed by atoms with Crippen molar-refractivity contribution in [1.29, 1.82) is 0 Å². The first-order chi connectivity index (χ1) is 8.94. The molecule has 2 aromatic rings. The number of hydrogen-bond donors (Lipinski definition) is 1. The van der Waals surface area contributed by atoms with Crippen LogP contribution in [0.3, 0.4) is 0 Å². The van der Waals surface area contributed by atoms with Crippen LogP contribution >= 0.6 is 11.3 Å². The lowest BCUT2D eigenvalue weighted by molar-refractivity contribution is 0.413. The Bertz CT molecular complexity index is 676. The van der Waals surface area contributed by atoms with Gasteiger partial charge in [0.2, 0.25) is 0 Å². The van der Waals surface area contributed by atoms with Crippen molar-refractivity contribution < 1.29 is 13.2 Å². The van der Waals surface area contributed by atoms with E-state index in [1.54, 1.807) is 23.6 Å². The minimum Gasteiger partial charge on any atom is -0.494 e. The standard InChI is InChI=1S/C13H15NO3S2/c1-9-7-10(2)13(17-3)11(8-9)14-19(15,16)12-5-4-6-18-12/h4-8,14H,1-3H3. The van der Waals surface area contributed by atoms with Gasteiger partial charge in [0.15, 0.2) is 0 Å². The molecule has 0 saturated heterocycles. The van der Waals surface area contributed by atoms with Crippen molar-refractivity contribution in [1.82, 2.24) is 0 Å². The van der Waals surface area contributed by atoms with Crippen LogP contribution in [0.2, 0.25) is 0 Å². The Kier molecular flexibility index (Phi) is 3.82. The second kappa shape index (κ2) is 5.22. The highest BCUT2D eigenvalue weighted by molar-refractivity contribution is 7.94. The molecule has 19 heavy (non-hydrogen) atoms. The summed E-state index contributed by atoms with van der Waals surface area (Å²) < 4.78 is 32.5. The van der Waals surface area contributed by atoms with Crippen LogP contribution < -0.4 is 9.46 Å². The Morgan fingerprint density at radius 1 is 1.26 bits per heavy atom. The molecule has 4 nitrogen and oxygen atoms in total. The molecule has 102 valence electrons. The first-order valence-electron chi connectivity index (χ1n) is 5.65. The summed E-state index contributed by atoms with van der Waals surface area (Å²) in [5.41, 5.74) is 2.34. The molecule has 0 unspecified atom stereocenters. The average Bonchev–Trinajstić information content (AvgIpc) is 2.81. The predicted octanol–water partition coefficient (Wildman–Crippen LogP) is 3.17. The van der Waals surface area contributed by atoms with E-state index in [1.807, 2.05) is 19.9 Å². The van der Waals surface area contributed by atoms with E-state index in [4.69, 9.17) is 4.74 Å². The van der Waals surface area contributed by atoms with E-state index >= 15 is 0 Å². The van der Waals surface area contributed by atoms with Crippen molar-refractivity contribution >= 4 is 27.0 Å². The zero-order valence-electron chi connectivity index (χ0n) is 10.9. The van der Waals surface area contributed by atoms with Gasteiger partial charge in [0, 0.05) is 0 Å². The summed E-state index contributed by atoms with van der Waals surface area (Å²) in [5.74, 6) is 0.547. The average molecular weight is 297 g/mol. The van der Waals surface area contributed by atoms with Crippen molar-refractivity contribution in [2.45, 2.75) is 18.1 Å². The quantitative estimate of drug-likeness (QED) is 0.943. The summed E-state index contributed by atoms with van der Waals surface area (Å²) in [6, 6.07) is 6.98. The second-order valence-electron chi connectivity index (χ2n) is 4.20. The number of methoxy groups -OCH3 is 1. The van der Waals surface area contributed by atoms with Crippen molar-refractivity contribution in [2.75, 3.05) is 11.8 Å². The van der Waals surface area contributed by atoms with Crippen LogP contribution in [-0.4, -0.2) is 15.5 Å². The van der Waals surface area contributed by atoms with E-state index in [0.29, 0.717) is 11.4 Å². The van der Waals surface area contributed by atoms with Crippen LogP contribution in [0.4, 0.5) is 5.69 Å². The molecule has 0 aliphatic heterocycles. The SMILES string of the molecule is COc1c(C)cc(C)cc1NS(=O)(=O)c1cccs1. The molecule has 1 aromatic carbocycles. The first-order valence-corrected chi connectivity index (χ1v) is 8.02. The highest BCUT2D eigenvalue weighted by atomic mass is 32.2. The number of rotatable bonds is 4. The third-order valence-electron chi connectivity index (χ3n) is 2.63. The molecule has 6 heteroatoms. The highest BCUT2D eigenvalue weighted by Crippen LogP contribution is 2.32. The molecule has 0 fully saturated rings. The van der Waals surface area contributed by atoms with Crippen LogP contribution in [0, 0.1) is 13.8 Å². The fraction of sp³-hybridized carbons (Fsp3) is 0.231. The van der Waals surface area contributed by atoms with Crippen molar-refractivity contribution in [2.24, 2.45) is 0 Å². The zero-order chi connectivity index (χ0) is 14.0. The topological polar surface area (TPSA) is 55.4 Å². The number of nitrogens with one attached hydrogen (secondary N) is 1. The zero-order valence-corrected chi connectivity index (χ0v) is 12.6. The normalized spacial score (nSPS) is 11.3. The van der Waals surface area contributed by atoms with E-state index in [-0.39, 0.29) is 4.21 Å². The van der Waals surface area contributed by atoms with E-state index < -0.39 is 10.0 Å². The number of benzene rings is 1. The molecule has 0 amide bonds. The van der Waals surface area contributed by atoms with Gasteiger partial charge in [-0.3, -0.25) is 4.72 Å². The van der Waals surface area contributed by atoms with E-state index in [9.17, 15) is 8.42 Å². The number of ether oxygens (including phenoxy) is 1. The fourth-order valence-corrected chi connectivity index (χ4v) is 3.96. The van der Waals surface area contributed by atoms with Crippen LogP contribution in [0.5, 0.6) is 5.75 Å². The molecule has 2 rings (SSSR count). The molecule has 1 N–H and O–H groups in total. The maximum Gasteiger partial charge on any atom is 0.271 e. The summed E-state index contributed by atoms with van der Waals surface area (Å²) >= 11 is 1.18. The maximum atomic E-state index is 12.2. The van der Waals surface area contributed by atoms with Crippen LogP contribution in [0.15, 0.2) is 33.9 Å². The summed E-state index contributed by atoms with van der Waals surface area (Å²) in [5, 5.41) is 1.73. The van der Waals surface area contributed by atoms with Crippen LogP contribution in [-0.2, 0) is 10.0 Å². The minimum atomic E-state index is -3.55. The molecule has 1 aromatic heterocycles. The first kappa shape index (κ1) is 13.9. The predicted molar refractivity (Wildman–Crippen MR) is 77.6 cm³/mol. The van der Waals surface area contributed by atoms with Crippen molar-refractivity contribution in [3.63, 3.8) is 0 Å². The maximum absolute atomic E-state index is 12.2. The van der Waals surface area contributed by atoms with E-state index in [1.165, 1.54) is 18.4 Å². The van der Waals surface area contributed by atoms with E-state index in [2.05, 4.69) is 4.72 Å². The lowest BCUT2D eigenvalue weighted by Gasteiger charge is -2.14. The van der Waals surface area contributed by atoms with Gasteiger partial charge in [-0.15, -0.1) is 11.3 Å². The largest absolute Gasteiger partial charge is 0.494 e. The molecule has 0 atom stereocenters. The van der Waals surface area contributed by atoms with Gasteiger partial charge in [-0.2, -0.15) is 0 Å². The van der Waals surface area contributed by atoms with Gasteiger partial charge in [-0.25, -0.2) is 8.42 Å². The molecule has 0 spiro atoms. The smallest absolute Gasteiger partial charge is 0.271 e. The minimum absolute atomic E-state index is 0.286. The lowest BCUT2D eigenvalue weighted by atomic mass is 10.1. The van der Waals surface area contributed by atoms with E-state index in [0.717, 1.165) is 11.1 Å². The molecule has 1 heterocycles. The Labute approximate surface area is 117 Å². The lowest BCUT2D eigenvalue weighted by Crippen LogP contribution is -2.12. The number of hydrogen-bond acceptors (Lipinski definition) is 4. The number of thiophene rings is 1. The van der Waals surface area contributed by atoms with Gasteiger partial charge < -0.3 is 4.74 Å². The highest BCUT2D eigenvalue weighted by Gasteiger charge is 2.18. The second-order valence-corrected chi connectivity index (χ2v) is 7.06. The van der Waals surface area contributed by atoms with Gasteiger partial charge in [0.1, 0.15) is 9.96 Å². The summed E-state index contributed by atoms with van der Waals surface area (Å²) in [6.07, 6.45) is 0. The van der Waals surface area contributed by atoms with Gasteiger partial charge in [0.05, 0.1) is 12.8 Å². The van der Waals surface area contributed by atoms with Crippen molar-refractivity contribution in [3.05, 3.63) is 40.8 Å². The molecule has 0 saturated carbocycles. The molecular weight excluding hydrogens is 282 g/mol. The van der Waals surface area contributed by atoms with Crippen molar-refractivity contribution in [3.8, 4) is 5.75 Å². The molecule has 0 aliphatic rings. The third-order valence-corrected chi connectivity index (χ3v) is 5.39. The van der Waals surface area contributed by atoms with Gasteiger partial charge in [0.25, 0.3) is 10.0 Å². The molecule has 0 aliphatic carbocycles. The Hall–Kier alpha value is -1.53. The van der Waals surface area contributed by atoms with Gasteiger partial charge >= 0.3 is 0 Å². The third kappa shape index (κ3) is 2.90. The number of sulfonamides is 1. The summed E-state index contributed by atoms with van der Waals surface area (Å²) in [4.78, 5) is 0. The Morgan fingerprint density at radius 2 is 2.00 bits per heavy atom. The van der Waals surface area contributed by atoms with Crippen LogP contribution in [0.25, 0.3) is 0 Å². The van der Waals surface area contributed by atoms with Gasteiger partial charge in [-0.1, -0.05) is 12.1 Å². The van der Waals surface area contributed by atoms with Crippen LogP contribution in [0.1, 0.15) is 11.1 Å². The Balaban J connectivity index is 2.44. The number of anilines is 1. The van der Waals surface area contributed by atoms with Gasteiger partial charge in [-0.05, 0) is 42.5 Å². The molecule has 0 radical (unpaired) electrons. The monoisotopic (exact) mass is 297 g/mol. The molecular formula is C13H15NO3S2. The number of aryl methyl sites for hydroxylation is 2. The Morgan fingerprint density at radius 3 is 2.58 bits per heavy atom. The summed E-state index contributed by atoms with van der Waals surface area (Å²) in [6.45, 7) is 3.80.